The molecule has 0 atom stereocenters. The predicted octanol–water partition coefficient (Wildman–Crippen LogP) is 13.1. The molecule has 0 spiro atoms. The molecule has 2 heterocycles. The zero-order chi connectivity index (χ0) is 34.6. The molecule has 0 saturated carbocycles. The van der Waals surface area contributed by atoms with E-state index in [2.05, 4.69) is 159 Å². The summed E-state index contributed by atoms with van der Waals surface area (Å²) in [6, 6.07) is 49.0. The Morgan fingerprint density at radius 1 is 0.451 bits per heavy atom. The Morgan fingerprint density at radius 2 is 1.00 bits per heavy atom. The second-order valence-corrected chi connectivity index (χ2v) is 13.8. The molecule has 9 rings (SSSR count). The molecule has 0 bridgehead atoms. The van der Waals surface area contributed by atoms with Crippen molar-refractivity contribution < 1.29 is 0 Å². The minimum Gasteiger partial charge on any atom is -0.310 e. The van der Waals surface area contributed by atoms with Crippen molar-refractivity contribution in [2.24, 2.45) is 0 Å². The summed E-state index contributed by atoms with van der Waals surface area (Å²) in [5, 5.41) is 7.56. The van der Waals surface area contributed by atoms with Gasteiger partial charge in [0.15, 0.2) is 0 Å². The van der Waals surface area contributed by atoms with E-state index >= 15 is 0 Å². The summed E-state index contributed by atoms with van der Waals surface area (Å²) in [7, 11) is 0. The molecule has 0 aliphatic rings. The molecule has 0 N–H and O–H groups in total. The minimum absolute atomic E-state index is 0.971. The maximum Gasteiger partial charge on any atom is 0.0708 e. The Morgan fingerprint density at radius 3 is 1.57 bits per heavy atom. The first-order valence-electron chi connectivity index (χ1n) is 17.6. The van der Waals surface area contributed by atoms with E-state index in [-0.39, 0.29) is 0 Å². The molecule has 3 heteroatoms. The van der Waals surface area contributed by atoms with E-state index in [0.717, 1.165) is 28.1 Å². The van der Waals surface area contributed by atoms with Crippen LogP contribution in [0.3, 0.4) is 0 Å². The van der Waals surface area contributed by atoms with E-state index in [4.69, 9.17) is 4.98 Å². The lowest BCUT2D eigenvalue weighted by molar-refractivity contribution is 1.21. The van der Waals surface area contributed by atoms with Crippen molar-refractivity contribution in [2.45, 2.75) is 27.7 Å². The van der Waals surface area contributed by atoms with Gasteiger partial charge in [-0.25, -0.2) is 0 Å². The van der Waals surface area contributed by atoms with Gasteiger partial charge in [0.2, 0.25) is 0 Å². The van der Waals surface area contributed by atoms with Crippen LogP contribution in [-0.2, 0) is 0 Å². The molecule has 3 nitrogen and oxygen atoms in total. The first kappa shape index (κ1) is 30.7. The molecule has 0 aliphatic carbocycles. The standard InChI is InChI=1S/C48H37N3/c1-30-5-21-45(32(3)27-30)51(46-22-6-31(2)28-33(46)4)39-14-7-35(8-15-39)40-16-9-36-12-19-43-41(17-10-37-11-18-42(40)47(36)48(37)43)44-20-13-38(29-50-44)34-23-25-49-26-24-34/h5-29H,1-4H3. The minimum atomic E-state index is 0.971. The lowest BCUT2D eigenvalue weighted by Gasteiger charge is -2.29. The van der Waals surface area contributed by atoms with Crippen LogP contribution in [0.15, 0.2) is 152 Å². The topological polar surface area (TPSA) is 29.0 Å². The maximum atomic E-state index is 4.93. The Balaban J connectivity index is 1.15. The van der Waals surface area contributed by atoms with Gasteiger partial charge in [0.1, 0.15) is 0 Å². The van der Waals surface area contributed by atoms with Crippen molar-refractivity contribution in [3.63, 3.8) is 0 Å². The van der Waals surface area contributed by atoms with Crippen molar-refractivity contribution in [3.8, 4) is 33.5 Å². The van der Waals surface area contributed by atoms with Crippen LogP contribution < -0.4 is 4.90 Å². The molecule has 0 fully saturated rings. The van der Waals surface area contributed by atoms with Gasteiger partial charge in [-0.3, -0.25) is 9.97 Å². The molecule has 9 aromatic rings. The summed E-state index contributed by atoms with van der Waals surface area (Å²) >= 11 is 0. The first-order chi connectivity index (χ1) is 24.9. The number of aryl methyl sites for hydroxylation is 4. The molecule has 244 valence electrons. The monoisotopic (exact) mass is 655 g/mol. The molecule has 0 radical (unpaired) electrons. The number of rotatable bonds is 6. The van der Waals surface area contributed by atoms with Gasteiger partial charge in [-0.05, 0) is 130 Å². The lowest BCUT2D eigenvalue weighted by atomic mass is 9.88. The van der Waals surface area contributed by atoms with E-state index in [9.17, 15) is 0 Å². The average molecular weight is 656 g/mol. The lowest BCUT2D eigenvalue weighted by Crippen LogP contribution is -2.12. The number of benzene rings is 7. The number of aromatic nitrogens is 2. The van der Waals surface area contributed by atoms with Gasteiger partial charge in [-0.1, -0.05) is 102 Å². The van der Waals surface area contributed by atoms with E-state index in [0.29, 0.717) is 0 Å². The van der Waals surface area contributed by atoms with Crippen LogP contribution in [0, 0.1) is 27.7 Å². The molecule has 0 amide bonds. The van der Waals surface area contributed by atoms with E-state index in [1.165, 1.54) is 77.1 Å². The van der Waals surface area contributed by atoms with E-state index < -0.39 is 0 Å². The maximum absolute atomic E-state index is 4.93. The third kappa shape index (κ3) is 5.30. The highest BCUT2D eigenvalue weighted by Crippen LogP contribution is 2.44. The first-order valence-corrected chi connectivity index (χ1v) is 17.6. The molecular formula is C48H37N3. The van der Waals surface area contributed by atoms with Gasteiger partial charge in [0, 0.05) is 46.8 Å². The van der Waals surface area contributed by atoms with Gasteiger partial charge in [-0.15, -0.1) is 0 Å². The fraction of sp³-hybridized carbons (Fsp3) is 0.0833. The highest BCUT2D eigenvalue weighted by molar-refractivity contribution is 6.27. The summed E-state index contributed by atoms with van der Waals surface area (Å²) in [6.07, 6.45) is 5.60. The van der Waals surface area contributed by atoms with Crippen LogP contribution in [0.4, 0.5) is 17.1 Å². The van der Waals surface area contributed by atoms with Gasteiger partial charge >= 0.3 is 0 Å². The van der Waals surface area contributed by atoms with Crippen molar-refractivity contribution in [3.05, 3.63) is 174 Å². The predicted molar refractivity (Wildman–Crippen MR) is 216 cm³/mol. The summed E-state index contributed by atoms with van der Waals surface area (Å²) < 4.78 is 0. The van der Waals surface area contributed by atoms with Crippen LogP contribution in [0.25, 0.3) is 65.8 Å². The average Bonchev–Trinajstić information content (AvgIpc) is 3.16. The molecule has 0 unspecified atom stereocenters. The summed E-state index contributed by atoms with van der Waals surface area (Å²) in [5.74, 6) is 0. The Bertz CT molecular complexity index is 2660. The van der Waals surface area contributed by atoms with Crippen molar-refractivity contribution in [1.29, 1.82) is 0 Å². The van der Waals surface area contributed by atoms with E-state index in [1.54, 1.807) is 0 Å². The molecule has 0 aliphatic heterocycles. The quantitative estimate of drug-likeness (QED) is 0.167. The second-order valence-electron chi connectivity index (χ2n) is 13.8. The van der Waals surface area contributed by atoms with Gasteiger partial charge in [0.05, 0.1) is 5.69 Å². The number of hydrogen-bond acceptors (Lipinski definition) is 3. The third-order valence-corrected chi connectivity index (χ3v) is 10.3. The molecule has 51 heavy (non-hydrogen) atoms. The number of anilines is 3. The highest BCUT2D eigenvalue weighted by atomic mass is 15.1. The van der Waals surface area contributed by atoms with Crippen molar-refractivity contribution in [1.82, 2.24) is 9.97 Å². The van der Waals surface area contributed by atoms with Crippen molar-refractivity contribution in [2.75, 3.05) is 4.90 Å². The zero-order valence-corrected chi connectivity index (χ0v) is 29.3. The second kappa shape index (κ2) is 12.2. The normalized spacial score (nSPS) is 11.5. The molecular weight excluding hydrogens is 619 g/mol. The SMILES string of the molecule is Cc1ccc(N(c2ccc(-c3ccc4ccc5c(-c6ccc(-c7ccncc7)cn6)ccc6ccc3c4c65)cc2)c2ccc(C)cc2C)c(C)c1. The molecule has 2 aromatic heterocycles. The Hall–Kier alpha value is -6.32. The van der Waals surface area contributed by atoms with E-state index in [1.807, 2.05) is 30.7 Å². The van der Waals surface area contributed by atoms with Crippen LogP contribution in [-0.4, -0.2) is 9.97 Å². The van der Waals surface area contributed by atoms with Crippen LogP contribution in [0.5, 0.6) is 0 Å². The van der Waals surface area contributed by atoms with Crippen molar-refractivity contribution >= 4 is 49.4 Å². The molecule has 0 saturated heterocycles. The molecule has 7 aromatic carbocycles. The van der Waals surface area contributed by atoms with Gasteiger partial charge < -0.3 is 4.90 Å². The summed E-state index contributed by atoms with van der Waals surface area (Å²) in [5.41, 5.74) is 15.3. The third-order valence-electron chi connectivity index (χ3n) is 10.3. The largest absolute Gasteiger partial charge is 0.310 e. The van der Waals surface area contributed by atoms with Gasteiger partial charge in [-0.2, -0.15) is 0 Å². The highest BCUT2D eigenvalue weighted by Gasteiger charge is 2.19. The Kier molecular flexibility index (Phi) is 7.36. The van der Waals surface area contributed by atoms with Crippen LogP contribution in [0.1, 0.15) is 22.3 Å². The van der Waals surface area contributed by atoms with Crippen LogP contribution >= 0.6 is 0 Å². The summed E-state index contributed by atoms with van der Waals surface area (Å²) in [4.78, 5) is 11.5. The fourth-order valence-corrected chi connectivity index (χ4v) is 7.85. The fourth-order valence-electron chi connectivity index (χ4n) is 7.85. The van der Waals surface area contributed by atoms with Gasteiger partial charge in [0.25, 0.3) is 0 Å². The zero-order valence-electron chi connectivity index (χ0n) is 29.3. The number of pyridine rings is 2. The smallest absolute Gasteiger partial charge is 0.0708 e. The summed E-state index contributed by atoms with van der Waals surface area (Å²) in [6.45, 7) is 8.72. The number of nitrogens with zero attached hydrogens (tertiary/aromatic N) is 3. The number of hydrogen-bond donors (Lipinski definition) is 0. The Labute approximate surface area is 298 Å². The van der Waals surface area contributed by atoms with Crippen LogP contribution in [0.2, 0.25) is 0 Å².